The zero-order valence-electron chi connectivity index (χ0n) is 11.2. The van der Waals surface area contributed by atoms with Crippen LogP contribution in [0.1, 0.15) is 38.9 Å². The van der Waals surface area contributed by atoms with Crippen molar-refractivity contribution in [1.82, 2.24) is 0 Å². The van der Waals surface area contributed by atoms with E-state index in [0.29, 0.717) is 17.0 Å². The average molecular weight is 329 g/mol. The van der Waals surface area contributed by atoms with Crippen molar-refractivity contribution >= 4 is 35.6 Å². The summed E-state index contributed by atoms with van der Waals surface area (Å²) in [6.07, 6.45) is -0.566. The highest BCUT2D eigenvalue weighted by Gasteiger charge is 2.25. The van der Waals surface area contributed by atoms with Crippen LogP contribution in [-0.4, -0.2) is 16.3 Å². The number of aliphatic hydroxyl groups excluding tert-OH is 1. The van der Waals surface area contributed by atoms with Gasteiger partial charge in [-0.15, -0.1) is 12.4 Å². The van der Waals surface area contributed by atoms with Crippen molar-refractivity contribution in [3.05, 3.63) is 27.7 Å². The normalized spacial score (nSPS) is 14.7. The maximum Gasteiger partial charge on any atom is 0.140 e. The molecule has 0 aromatic heterocycles. The smallest absolute Gasteiger partial charge is 0.140 e. The lowest BCUT2D eigenvalue weighted by atomic mass is 9.83. The van der Waals surface area contributed by atoms with E-state index in [1.54, 1.807) is 0 Å². The number of phenolic OH excluding ortho intramolecular Hbond substituents is 1. The van der Waals surface area contributed by atoms with E-state index in [9.17, 15) is 10.2 Å². The largest absolute Gasteiger partial charge is 0.506 e. The van der Waals surface area contributed by atoms with E-state index in [1.165, 1.54) is 12.1 Å². The van der Waals surface area contributed by atoms with Crippen molar-refractivity contribution in [2.24, 2.45) is 11.1 Å². The van der Waals surface area contributed by atoms with Crippen LogP contribution in [0.2, 0.25) is 10.0 Å². The molecule has 1 rings (SSSR count). The summed E-state index contributed by atoms with van der Waals surface area (Å²) >= 11 is 11.7. The molecule has 110 valence electrons. The van der Waals surface area contributed by atoms with Gasteiger partial charge in [-0.2, -0.15) is 0 Å². The first-order chi connectivity index (χ1) is 8.12. The van der Waals surface area contributed by atoms with Gasteiger partial charge in [0.25, 0.3) is 0 Å². The Hall–Kier alpha value is -0.190. The van der Waals surface area contributed by atoms with E-state index >= 15 is 0 Å². The Balaban J connectivity index is 0.00000324. The maximum absolute atomic E-state index is 10.1. The van der Waals surface area contributed by atoms with Gasteiger partial charge in [0.1, 0.15) is 5.75 Å². The van der Waals surface area contributed by atoms with E-state index in [0.717, 1.165) is 0 Å². The Kier molecular flexibility index (Phi) is 6.93. The molecule has 0 aliphatic heterocycles. The molecule has 19 heavy (non-hydrogen) atoms. The minimum atomic E-state index is -0.893. The summed E-state index contributed by atoms with van der Waals surface area (Å²) in [4.78, 5) is 0. The quantitative estimate of drug-likeness (QED) is 0.788. The van der Waals surface area contributed by atoms with Gasteiger partial charge in [-0.25, -0.2) is 0 Å². The van der Waals surface area contributed by atoms with Crippen molar-refractivity contribution in [1.29, 1.82) is 0 Å². The zero-order chi connectivity index (χ0) is 14.1. The minimum Gasteiger partial charge on any atom is -0.506 e. The predicted octanol–water partition coefficient (Wildman–Crippen LogP) is 3.92. The van der Waals surface area contributed by atoms with E-state index in [-0.39, 0.29) is 34.6 Å². The van der Waals surface area contributed by atoms with E-state index in [4.69, 9.17) is 28.9 Å². The van der Waals surface area contributed by atoms with Gasteiger partial charge in [-0.05, 0) is 24.0 Å². The number of hydrogen-bond acceptors (Lipinski definition) is 3. The summed E-state index contributed by atoms with van der Waals surface area (Å²) in [5.41, 5.74) is 6.19. The molecule has 0 amide bonds. The third-order valence-electron chi connectivity index (χ3n) is 3.01. The van der Waals surface area contributed by atoms with Gasteiger partial charge in [-0.1, -0.05) is 44.0 Å². The summed E-state index contributed by atoms with van der Waals surface area (Å²) in [6.45, 7) is 5.99. The second kappa shape index (κ2) is 7.00. The standard InChI is InChI=1S/C13H19Cl2NO2.ClH/c1-13(2,3)11(16)6-10(17)8-4-7(14)5-9(15)12(8)18;/h4-5,10-11,17-18H,6,16H2,1-3H3;1H/t10-,11-;/m0./s1. The van der Waals surface area contributed by atoms with Gasteiger partial charge in [0.2, 0.25) is 0 Å². The number of hydrogen-bond donors (Lipinski definition) is 3. The molecular formula is C13H20Cl3NO2. The van der Waals surface area contributed by atoms with Gasteiger partial charge < -0.3 is 15.9 Å². The zero-order valence-corrected chi connectivity index (χ0v) is 13.5. The second-order valence-electron chi connectivity index (χ2n) is 5.55. The molecule has 1 aromatic rings. The first kappa shape index (κ1) is 18.8. The number of phenols is 1. The van der Waals surface area contributed by atoms with Crippen molar-refractivity contribution in [2.75, 3.05) is 0 Å². The van der Waals surface area contributed by atoms with Crippen molar-refractivity contribution in [3.8, 4) is 5.75 Å². The number of halogens is 3. The average Bonchev–Trinajstić information content (AvgIpc) is 2.21. The van der Waals surface area contributed by atoms with Gasteiger partial charge in [0.05, 0.1) is 11.1 Å². The summed E-state index contributed by atoms with van der Waals surface area (Å²) in [5, 5.41) is 20.4. The van der Waals surface area contributed by atoms with Crippen LogP contribution in [0.15, 0.2) is 12.1 Å². The van der Waals surface area contributed by atoms with Gasteiger partial charge >= 0.3 is 0 Å². The lowest BCUT2D eigenvalue weighted by molar-refractivity contribution is 0.131. The minimum absolute atomic E-state index is 0. The monoisotopic (exact) mass is 327 g/mol. The SMILES string of the molecule is CC(C)(C)[C@@H](N)C[C@H](O)c1cc(Cl)cc(Cl)c1O.Cl. The Labute approximate surface area is 130 Å². The molecule has 1 aromatic carbocycles. The third kappa shape index (κ3) is 5.01. The Morgan fingerprint density at radius 1 is 1.26 bits per heavy atom. The highest BCUT2D eigenvalue weighted by Crippen LogP contribution is 2.37. The summed E-state index contributed by atoms with van der Waals surface area (Å²) in [6, 6.07) is 2.73. The first-order valence-corrected chi connectivity index (χ1v) is 6.50. The van der Waals surface area contributed by atoms with Crippen LogP contribution in [0.4, 0.5) is 0 Å². The van der Waals surface area contributed by atoms with Crippen LogP contribution in [0, 0.1) is 5.41 Å². The molecule has 0 unspecified atom stereocenters. The van der Waals surface area contributed by atoms with Crippen LogP contribution in [0.25, 0.3) is 0 Å². The van der Waals surface area contributed by atoms with Crippen LogP contribution in [0.5, 0.6) is 5.75 Å². The molecule has 0 saturated carbocycles. The molecule has 3 nitrogen and oxygen atoms in total. The highest BCUT2D eigenvalue weighted by atomic mass is 35.5. The van der Waals surface area contributed by atoms with E-state index in [2.05, 4.69) is 0 Å². The fourth-order valence-electron chi connectivity index (χ4n) is 1.56. The second-order valence-corrected chi connectivity index (χ2v) is 6.39. The molecule has 2 atom stereocenters. The molecule has 0 aliphatic carbocycles. The van der Waals surface area contributed by atoms with Crippen LogP contribution < -0.4 is 5.73 Å². The number of nitrogens with two attached hydrogens (primary N) is 1. The summed E-state index contributed by atoms with van der Waals surface area (Å²) < 4.78 is 0. The van der Waals surface area contributed by atoms with Crippen molar-refractivity contribution in [2.45, 2.75) is 39.3 Å². The number of aliphatic hydroxyl groups is 1. The molecule has 0 bridgehead atoms. The lowest BCUT2D eigenvalue weighted by Gasteiger charge is -2.29. The Bertz CT molecular complexity index is 433. The maximum atomic E-state index is 10.1. The van der Waals surface area contributed by atoms with Gasteiger partial charge in [0.15, 0.2) is 0 Å². The topological polar surface area (TPSA) is 66.5 Å². The Morgan fingerprint density at radius 3 is 2.26 bits per heavy atom. The lowest BCUT2D eigenvalue weighted by Crippen LogP contribution is -2.36. The molecule has 4 N–H and O–H groups in total. The number of benzene rings is 1. The highest BCUT2D eigenvalue weighted by molar-refractivity contribution is 6.35. The fraction of sp³-hybridized carbons (Fsp3) is 0.538. The molecule has 0 spiro atoms. The predicted molar refractivity (Wildman–Crippen MR) is 82.4 cm³/mol. The van der Waals surface area contributed by atoms with Crippen LogP contribution in [-0.2, 0) is 0 Å². The molecule has 6 heteroatoms. The molecular weight excluding hydrogens is 309 g/mol. The summed E-state index contributed by atoms with van der Waals surface area (Å²) in [7, 11) is 0. The van der Waals surface area contributed by atoms with Gasteiger partial charge in [-0.3, -0.25) is 0 Å². The number of aromatic hydroxyl groups is 1. The molecule has 0 heterocycles. The van der Waals surface area contributed by atoms with Crippen molar-refractivity contribution < 1.29 is 10.2 Å². The van der Waals surface area contributed by atoms with Gasteiger partial charge in [0, 0.05) is 16.6 Å². The number of rotatable bonds is 3. The van der Waals surface area contributed by atoms with Crippen LogP contribution in [0.3, 0.4) is 0 Å². The van der Waals surface area contributed by atoms with Crippen LogP contribution >= 0.6 is 35.6 Å². The third-order valence-corrected chi connectivity index (χ3v) is 3.51. The fourth-order valence-corrected chi connectivity index (χ4v) is 2.07. The molecule has 0 saturated heterocycles. The molecule has 0 aliphatic rings. The van der Waals surface area contributed by atoms with Crippen molar-refractivity contribution in [3.63, 3.8) is 0 Å². The van der Waals surface area contributed by atoms with E-state index in [1.807, 2.05) is 20.8 Å². The first-order valence-electron chi connectivity index (χ1n) is 5.74. The Morgan fingerprint density at radius 2 is 1.79 bits per heavy atom. The molecule has 0 radical (unpaired) electrons. The van der Waals surface area contributed by atoms with E-state index < -0.39 is 6.10 Å². The molecule has 0 fully saturated rings. The summed E-state index contributed by atoms with van der Waals surface area (Å²) in [5.74, 6) is -0.144.